The Balaban J connectivity index is 0.000000946. The molecule has 3 aromatic rings. The van der Waals surface area contributed by atoms with Gasteiger partial charge in [-0.05, 0) is 141 Å². The Labute approximate surface area is 324 Å². The zero-order valence-electron chi connectivity index (χ0n) is 33.2. The van der Waals surface area contributed by atoms with Gasteiger partial charge in [0.1, 0.15) is 0 Å². The van der Waals surface area contributed by atoms with Crippen LogP contribution in [0.4, 0.5) is 0 Å². The van der Waals surface area contributed by atoms with E-state index in [0.717, 1.165) is 94.9 Å². The Morgan fingerprint density at radius 2 is 0.604 bits per heavy atom. The minimum absolute atomic E-state index is 0. The Kier molecular flexibility index (Phi) is 19.2. The SMILES string of the molecule is CC(=O)[O-].CC(=O)[O-].CC(=O)[O-].CCC1=C(CC)c2cc3[nH]c(cc4nc(cc5[nH]c(cc1n2)c(CC)c5CC)C(CC)=C4CC)c(CC)c3CC.[Fe+3]. The fraction of sp³-hybridized carbons (Fsp3) is 0.452. The molecule has 3 aromatic heterocycles. The molecular formula is C42H55FeN4O6. The van der Waals surface area contributed by atoms with E-state index in [-0.39, 0.29) is 17.1 Å². The molecule has 0 fully saturated rings. The van der Waals surface area contributed by atoms with Crippen LogP contribution in [0.3, 0.4) is 0 Å². The fourth-order valence-corrected chi connectivity index (χ4v) is 7.10. The molecule has 0 unspecified atom stereocenters. The summed E-state index contributed by atoms with van der Waals surface area (Å²) >= 11 is 0. The van der Waals surface area contributed by atoms with Crippen molar-refractivity contribution in [1.29, 1.82) is 0 Å². The number of carboxylic acid groups (broad SMARTS) is 3. The smallest absolute Gasteiger partial charge is 0.550 e. The molecule has 0 saturated heterocycles. The third-order valence-electron chi connectivity index (χ3n) is 8.97. The number of allylic oxidation sites excluding steroid dienone is 4. The molecular weight excluding hydrogens is 712 g/mol. The summed E-state index contributed by atoms with van der Waals surface area (Å²) in [4.78, 5) is 44.9. The van der Waals surface area contributed by atoms with E-state index in [4.69, 9.17) is 39.7 Å². The largest absolute Gasteiger partial charge is 3.00 e. The predicted octanol–water partition coefficient (Wildman–Crippen LogP) is 6.29. The molecule has 10 nitrogen and oxygen atoms in total. The van der Waals surface area contributed by atoms with Crippen LogP contribution in [0, 0.1) is 0 Å². The molecule has 0 aliphatic carbocycles. The maximum atomic E-state index is 8.89. The number of hydrogen-bond donors (Lipinski definition) is 2. The molecule has 2 aliphatic rings. The summed E-state index contributed by atoms with van der Waals surface area (Å²) in [6.45, 7) is 21.0. The first-order chi connectivity index (χ1) is 24.7. The number of carbonyl (C=O) groups excluding carboxylic acids is 3. The number of nitrogens with one attached hydrogen (secondary N) is 2. The Morgan fingerprint density at radius 1 is 0.434 bits per heavy atom. The number of carbonyl (C=O) groups is 3. The molecule has 287 valence electrons. The Morgan fingerprint density at radius 3 is 0.736 bits per heavy atom. The number of nitrogens with zero attached hydrogens (tertiary/aromatic N) is 2. The van der Waals surface area contributed by atoms with Crippen molar-refractivity contribution in [3.05, 3.63) is 69.3 Å². The topological polar surface area (TPSA) is 178 Å². The van der Waals surface area contributed by atoms with Crippen LogP contribution in [0.15, 0.2) is 24.3 Å². The average molecular weight is 768 g/mol. The van der Waals surface area contributed by atoms with Crippen molar-refractivity contribution in [2.45, 2.75) is 128 Å². The van der Waals surface area contributed by atoms with Gasteiger partial charge in [-0.25, -0.2) is 9.97 Å². The molecule has 2 aliphatic heterocycles. The summed E-state index contributed by atoms with van der Waals surface area (Å²) in [5, 5.41) is 26.7. The van der Waals surface area contributed by atoms with Crippen LogP contribution < -0.4 is 15.3 Å². The third kappa shape index (κ3) is 11.8. The number of hydrogen-bond acceptors (Lipinski definition) is 8. The number of aryl methyl sites for hydroxylation is 4. The molecule has 53 heavy (non-hydrogen) atoms. The zero-order chi connectivity index (χ0) is 39.3. The van der Waals surface area contributed by atoms with Gasteiger partial charge in [0.25, 0.3) is 0 Å². The summed E-state index contributed by atoms with van der Waals surface area (Å²) in [6, 6.07) is 9.24. The van der Waals surface area contributed by atoms with Gasteiger partial charge in [0, 0.05) is 40.0 Å². The standard InChI is InChI=1S/C36H46N4.3C2H4O2.Fe/c1-9-21-22(10-2)30-18-32-25(13-5)26(14-6)34(39-32)20-36-28(16-8)27(15-7)35(40-36)19-33-24(12-4)23(11-3)31(38-33)17-29(21)37-30;3*1-2(3)4;/h17-20,37,40H,9-16H2,1-8H3;3*1H3,(H,3,4);/q;;;;+3/p-3. The van der Waals surface area contributed by atoms with Crippen LogP contribution in [-0.2, 0) is 57.1 Å². The van der Waals surface area contributed by atoms with Crippen LogP contribution in [0.1, 0.15) is 147 Å². The maximum Gasteiger partial charge on any atom is 3.00 e. The number of carboxylic acids is 3. The minimum Gasteiger partial charge on any atom is -0.550 e. The van der Waals surface area contributed by atoms with Gasteiger partial charge < -0.3 is 39.7 Å². The van der Waals surface area contributed by atoms with Gasteiger partial charge in [0.15, 0.2) is 0 Å². The second kappa shape index (κ2) is 21.9. The molecule has 1 radical (unpaired) electrons. The van der Waals surface area contributed by atoms with E-state index >= 15 is 0 Å². The Bertz CT molecular complexity index is 1720. The van der Waals surface area contributed by atoms with Gasteiger partial charge in [-0.3, -0.25) is 0 Å². The van der Waals surface area contributed by atoms with Gasteiger partial charge >= 0.3 is 17.1 Å². The van der Waals surface area contributed by atoms with Gasteiger partial charge in [-0.15, -0.1) is 0 Å². The summed E-state index contributed by atoms with van der Waals surface area (Å²) in [6.07, 6.45) is 7.84. The van der Waals surface area contributed by atoms with Crippen LogP contribution >= 0.6 is 0 Å². The molecule has 0 atom stereocenters. The minimum atomic E-state index is -1.08. The first-order valence-electron chi connectivity index (χ1n) is 18.4. The van der Waals surface area contributed by atoms with Crippen LogP contribution in [0.25, 0.3) is 44.4 Å². The van der Waals surface area contributed by atoms with Gasteiger partial charge in [0.05, 0.1) is 22.8 Å². The van der Waals surface area contributed by atoms with Crippen molar-refractivity contribution < 1.29 is 46.8 Å². The Hall–Kier alpha value is -4.47. The summed E-state index contributed by atoms with van der Waals surface area (Å²) in [5.74, 6) is -3.25. The average Bonchev–Trinajstić information content (AvgIpc) is 3.78. The second-order valence-electron chi connectivity index (χ2n) is 12.4. The summed E-state index contributed by atoms with van der Waals surface area (Å²) < 4.78 is 0. The van der Waals surface area contributed by atoms with E-state index < -0.39 is 17.9 Å². The van der Waals surface area contributed by atoms with E-state index in [2.05, 4.69) is 89.6 Å². The monoisotopic (exact) mass is 767 g/mol. The van der Waals surface area contributed by atoms with Crippen LogP contribution in [-0.4, -0.2) is 37.8 Å². The first-order valence-corrected chi connectivity index (χ1v) is 18.4. The normalized spacial score (nSPS) is 11.7. The number of fused-ring (bicyclic) bond motifs is 8. The fourth-order valence-electron chi connectivity index (χ4n) is 7.10. The third-order valence-corrected chi connectivity index (χ3v) is 8.97. The molecule has 11 heteroatoms. The van der Waals surface area contributed by atoms with Gasteiger partial charge in [0.2, 0.25) is 0 Å². The number of aliphatic carboxylic acids is 3. The van der Waals surface area contributed by atoms with Crippen molar-refractivity contribution in [2.24, 2.45) is 0 Å². The van der Waals surface area contributed by atoms with Crippen LogP contribution in [0.2, 0.25) is 0 Å². The van der Waals surface area contributed by atoms with Crippen molar-refractivity contribution in [1.82, 2.24) is 19.9 Å². The number of H-pyrrole nitrogens is 2. The summed E-state index contributed by atoms with van der Waals surface area (Å²) in [7, 11) is 0. The second-order valence-corrected chi connectivity index (χ2v) is 12.4. The van der Waals surface area contributed by atoms with E-state index in [9.17, 15) is 0 Å². The molecule has 0 saturated carbocycles. The number of aromatic amines is 2. The van der Waals surface area contributed by atoms with Gasteiger partial charge in [-0.2, -0.15) is 0 Å². The van der Waals surface area contributed by atoms with E-state index in [1.165, 1.54) is 66.6 Å². The maximum absolute atomic E-state index is 8.89. The van der Waals surface area contributed by atoms with Crippen LogP contribution in [0.5, 0.6) is 0 Å². The molecule has 0 spiro atoms. The summed E-state index contributed by atoms with van der Waals surface area (Å²) in [5.41, 5.74) is 20.2. The van der Waals surface area contributed by atoms with E-state index in [1.807, 2.05) is 0 Å². The predicted molar refractivity (Wildman–Crippen MR) is 205 cm³/mol. The van der Waals surface area contributed by atoms with Crippen molar-refractivity contribution in [3.8, 4) is 0 Å². The zero-order valence-corrected chi connectivity index (χ0v) is 34.3. The van der Waals surface area contributed by atoms with Crippen molar-refractivity contribution in [2.75, 3.05) is 0 Å². The van der Waals surface area contributed by atoms with Crippen molar-refractivity contribution >= 4 is 62.3 Å². The van der Waals surface area contributed by atoms with E-state index in [0.29, 0.717) is 0 Å². The first kappa shape index (κ1) is 46.6. The van der Waals surface area contributed by atoms with Gasteiger partial charge in [-0.1, -0.05) is 55.4 Å². The number of aromatic nitrogens is 4. The van der Waals surface area contributed by atoms with E-state index in [1.54, 1.807) is 0 Å². The molecule has 0 aromatic carbocycles. The molecule has 2 N–H and O–H groups in total. The molecule has 8 bridgehead atoms. The molecule has 5 heterocycles. The molecule has 0 amide bonds. The quantitative estimate of drug-likeness (QED) is 0.251. The number of rotatable bonds is 8. The molecule has 5 rings (SSSR count). The van der Waals surface area contributed by atoms with Crippen molar-refractivity contribution in [3.63, 3.8) is 0 Å².